The van der Waals surface area contributed by atoms with Crippen molar-refractivity contribution in [3.63, 3.8) is 0 Å². The molecule has 9 heavy (non-hydrogen) atoms. The molecule has 0 aliphatic rings. The Morgan fingerprint density at radius 2 is 2.56 bits per heavy atom. The van der Waals surface area contributed by atoms with E-state index in [1.54, 1.807) is 6.20 Å². The zero-order chi connectivity index (χ0) is 6.69. The monoisotopic (exact) mass is 206 g/mol. The molecule has 0 radical (unpaired) electrons. The third-order valence-electron chi connectivity index (χ3n) is 1.03. The fourth-order valence-electron chi connectivity index (χ4n) is 0.585. The fraction of sp³-hybridized carbons (Fsp3) is 0.400. The highest BCUT2D eigenvalue weighted by molar-refractivity contribution is 9.10. The minimum atomic E-state index is 0.848. The Morgan fingerprint density at radius 3 is 3.00 bits per heavy atom. The van der Waals surface area contributed by atoms with Gasteiger partial charge in [-0.2, -0.15) is 17.7 Å². The second-order valence-electron chi connectivity index (χ2n) is 1.67. The van der Waals surface area contributed by atoms with Gasteiger partial charge in [0.2, 0.25) is 0 Å². The summed E-state index contributed by atoms with van der Waals surface area (Å²) < 4.78 is 1.04. The molecule has 1 aromatic heterocycles. The van der Waals surface area contributed by atoms with Crippen LogP contribution in [0.3, 0.4) is 0 Å². The van der Waals surface area contributed by atoms with Crippen molar-refractivity contribution in [3.8, 4) is 0 Å². The molecule has 4 heteroatoms. The number of thiol groups is 1. The number of aromatic nitrogens is 2. The summed E-state index contributed by atoms with van der Waals surface area (Å²) in [7, 11) is 0. The minimum absolute atomic E-state index is 0.848. The second-order valence-corrected chi connectivity index (χ2v) is 2.97. The van der Waals surface area contributed by atoms with Gasteiger partial charge >= 0.3 is 0 Å². The summed E-state index contributed by atoms with van der Waals surface area (Å²) in [5.74, 6) is 0.848. The first-order valence-electron chi connectivity index (χ1n) is 2.63. The zero-order valence-corrected chi connectivity index (χ0v) is 7.24. The molecular weight excluding hydrogens is 200 g/mol. The van der Waals surface area contributed by atoms with Crippen LogP contribution in [-0.4, -0.2) is 16.0 Å². The lowest BCUT2D eigenvalue weighted by Gasteiger charge is -1.89. The number of hydrogen-bond donors (Lipinski definition) is 2. The van der Waals surface area contributed by atoms with Gasteiger partial charge in [0.1, 0.15) is 0 Å². The van der Waals surface area contributed by atoms with Crippen LogP contribution < -0.4 is 0 Å². The van der Waals surface area contributed by atoms with Crippen molar-refractivity contribution in [2.45, 2.75) is 6.42 Å². The second kappa shape index (κ2) is 3.27. The number of H-pyrrole nitrogens is 1. The van der Waals surface area contributed by atoms with Gasteiger partial charge in [0.25, 0.3) is 0 Å². The average molecular weight is 207 g/mol. The Bertz CT molecular complexity index is 187. The molecule has 0 fully saturated rings. The first-order chi connectivity index (χ1) is 4.34. The summed E-state index contributed by atoms with van der Waals surface area (Å²) in [4.78, 5) is 0. The lowest BCUT2D eigenvalue weighted by molar-refractivity contribution is 0.980. The number of rotatable bonds is 2. The SMILES string of the molecule is SCCc1[nH]ncc1Br. The molecule has 1 N–H and O–H groups in total. The van der Waals surface area contributed by atoms with Crippen LogP contribution in [0.15, 0.2) is 10.7 Å². The van der Waals surface area contributed by atoms with Crippen LogP contribution in [0.2, 0.25) is 0 Å². The minimum Gasteiger partial charge on any atom is -0.281 e. The maximum absolute atomic E-state index is 4.09. The van der Waals surface area contributed by atoms with E-state index in [1.165, 1.54) is 0 Å². The first kappa shape index (κ1) is 7.15. The number of hydrogen-bond acceptors (Lipinski definition) is 2. The van der Waals surface area contributed by atoms with E-state index in [0.717, 1.165) is 22.3 Å². The predicted molar refractivity (Wildman–Crippen MR) is 43.8 cm³/mol. The highest BCUT2D eigenvalue weighted by Crippen LogP contribution is 2.12. The van der Waals surface area contributed by atoms with Gasteiger partial charge < -0.3 is 0 Å². The molecule has 0 aliphatic heterocycles. The van der Waals surface area contributed by atoms with Gasteiger partial charge in [0.05, 0.1) is 16.4 Å². The number of aryl methyl sites for hydroxylation is 1. The van der Waals surface area contributed by atoms with Gasteiger partial charge in [-0.3, -0.25) is 5.10 Å². The van der Waals surface area contributed by atoms with Gasteiger partial charge in [-0.1, -0.05) is 0 Å². The molecule has 0 aliphatic carbocycles. The zero-order valence-electron chi connectivity index (χ0n) is 4.76. The van der Waals surface area contributed by atoms with Gasteiger partial charge in [-0.15, -0.1) is 0 Å². The summed E-state index contributed by atoms with van der Waals surface area (Å²) in [6.45, 7) is 0. The first-order valence-corrected chi connectivity index (χ1v) is 4.05. The number of halogens is 1. The van der Waals surface area contributed by atoms with E-state index in [9.17, 15) is 0 Å². The van der Waals surface area contributed by atoms with Crippen molar-refractivity contribution in [1.29, 1.82) is 0 Å². The van der Waals surface area contributed by atoms with E-state index in [4.69, 9.17) is 0 Å². The topological polar surface area (TPSA) is 28.7 Å². The molecule has 2 nitrogen and oxygen atoms in total. The molecular formula is C5H7BrN2S. The highest BCUT2D eigenvalue weighted by Gasteiger charge is 1.97. The molecule has 0 spiro atoms. The predicted octanol–water partition coefficient (Wildman–Crippen LogP) is 1.64. The molecule has 0 amide bonds. The van der Waals surface area contributed by atoms with E-state index < -0.39 is 0 Å². The molecule has 0 aromatic carbocycles. The largest absolute Gasteiger partial charge is 0.281 e. The van der Waals surface area contributed by atoms with Gasteiger partial charge in [0.15, 0.2) is 0 Å². The average Bonchev–Trinajstić information content (AvgIpc) is 2.18. The van der Waals surface area contributed by atoms with Crippen molar-refractivity contribution in [3.05, 3.63) is 16.4 Å². The Labute approximate surface area is 67.6 Å². The summed E-state index contributed by atoms with van der Waals surface area (Å²) in [6.07, 6.45) is 2.68. The smallest absolute Gasteiger partial charge is 0.0632 e. The molecule has 0 saturated heterocycles. The van der Waals surface area contributed by atoms with E-state index in [2.05, 4.69) is 38.8 Å². The van der Waals surface area contributed by atoms with Crippen LogP contribution >= 0.6 is 28.6 Å². The number of nitrogens with zero attached hydrogens (tertiary/aromatic N) is 1. The van der Waals surface area contributed by atoms with Crippen molar-refractivity contribution in [2.24, 2.45) is 0 Å². The van der Waals surface area contributed by atoms with Crippen LogP contribution in [0.1, 0.15) is 5.69 Å². The Morgan fingerprint density at radius 1 is 1.78 bits per heavy atom. The molecule has 0 unspecified atom stereocenters. The molecule has 1 aromatic rings. The molecule has 1 heterocycles. The van der Waals surface area contributed by atoms with E-state index in [1.807, 2.05) is 0 Å². The quantitative estimate of drug-likeness (QED) is 0.709. The maximum Gasteiger partial charge on any atom is 0.0632 e. The van der Waals surface area contributed by atoms with Crippen LogP contribution in [0, 0.1) is 0 Å². The standard InChI is InChI=1S/C5H7BrN2S/c6-4-3-7-8-5(4)1-2-9/h3,9H,1-2H2,(H,7,8). The lowest BCUT2D eigenvalue weighted by atomic mass is 10.3. The van der Waals surface area contributed by atoms with E-state index in [0.29, 0.717) is 0 Å². The Balaban J connectivity index is 2.69. The maximum atomic E-state index is 4.09. The fourth-order valence-corrected chi connectivity index (χ4v) is 1.20. The molecule has 0 saturated carbocycles. The van der Waals surface area contributed by atoms with Crippen LogP contribution in [0.4, 0.5) is 0 Å². The van der Waals surface area contributed by atoms with Crippen LogP contribution in [0.25, 0.3) is 0 Å². The van der Waals surface area contributed by atoms with Crippen molar-refractivity contribution < 1.29 is 0 Å². The van der Waals surface area contributed by atoms with Crippen molar-refractivity contribution in [1.82, 2.24) is 10.2 Å². The third kappa shape index (κ3) is 1.72. The Kier molecular flexibility index (Phi) is 2.60. The third-order valence-corrected chi connectivity index (χ3v) is 1.93. The van der Waals surface area contributed by atoms with Crippen molar-refractivity contribution in [2.75, 3.05) is 5.75 Å². The number of aromatic amines is 1. The van der Waals surface area contributed by atoms with E-state index in [-0.39, 0.29) is 0 Å². The summed E-state index contributed by atoms with van der Waals surface area (Å²) >= 11 is 7.43. The highest BCUT2D eigenvalue weighted by atomic mass is 79.9. The lowest BCUT2D eigenvalue weighted by Crippen LogP contribution is -1.86. The van der Waals surface area contributed by atoms with E-state index >= 15 is 0 Å². The number of nitrogens with one attached hydrogen (secondary N) is 1. The van der Waals surface area contributed by atoms with Gasteiger partial charge in [0, 0.05) is 0 Å². The normalized spacial score (nSPS) is 10.0. The van der Waals surface area contributed by atoms with Crippen LogP contribution in [0.5, 0.6) is 0 Å². The Hall–Kier alpha value is 0.0400. The van der Waals surface area contributed by atoms with Gasteiger partial charge in [-0.25, -0.2) is 0 Å². The van der Waals surface area contributed by atoms with Gasteiger partial charge in [-0.05, 0) is 28.1 Å². The molecule has 1 rings (SSSR count). The summed E-state index contributed by atoms with van der Waals surface area (Å²) in [5, 5.41) is 6.70. The molecule has 0 bridgehead atoms. The van der Waals surface area contributed by atoms with Crippen molar-refractivity contribution >= 4 is 28.6 Å². The summed E-state index contributed by atoms with van der Waals surface area (Å²) in [5.41, 5.74) is 1.12. The van der Waals surface area contributed by atoms with Crippen LogP contribution in [-0.2, 0) is 6.42 Å². The molecule has 0 atom stereocenters. The molecule has 50 valence electrons. The summed E-state index contributed by atoms with van der Waals surface area (Å²) in [6, 6.07) is 0.